The third-order valence-electron chi connectivity index (χ3n) is 2.46. The standard InChI is InChI=1S/C14H11F2NO/c1-9(18)17-13-4-2-3-12(16)14(13)10-5-7-11(15)8-6-10/h2-8H,1H3,(H,17,18). The van der Waals surface area contributed by atoms with Gasteiger partial charge in [-0.05, 0) is 29.8 Å². The highest BCUT2D eigenvalue weighted by atomic mass is 19.1. The van der Waals surface area contributed by atoms with E-state index in [-0.39, 0.29) is 11.5 Å². The van der Waals surface area contributed by atoms with Crippen molar-refractivity contribution in [3.8, 4) is 11.1 Å². The second-order valence-corrected chi connectivity index (χ2v) is 3.85. The average molecular weight is 247 g/mol. The van der Waals surface area contributed by atoms with E-state index >= 15 is 0 Å². The fourth-order valence-electron chi connectivity index (χ4n) is 1.73. The van der Waals surface area contributed by atoms with E-state index in [0.717, 1.165) is 0 Å². The topological polar surface area (TPSA) is 29.1 Å². The fourth-order valence-corrected chi connectivity index (χ4v) is 1.73. The van der Waals surface area contributed by atoms with Crippen LogP contribution in [0.3, 0.4) is 0 Å². The predicted octanol–water partition coefficient (Wildman–Crippen LogP) is 3.59. The molecule has 0 spiro atoms. The molecule has 4 heteroatoms. The van der Waals surface area contributed by atoms with Gasteiger partial charge in [0.1, 0.15) is 11.6 Å². The second kappa shape index (κ2) is 4.96. The van der Waals surface area contributed by atoms with E-state index in [9.17, 15) is 13.6 Å². The van der Waals surface area contributed by atoms with Gasteiger partial charge >= 0.3 is 0 Å². The maximum Gasteiger partial charge on any atom is 0.221 e. The minimum absolute atomic E-state index is 0.257. The van der Waals surface area contributed by atoms with Crippen LogP contribution in [0, 0.1) is 11.6 Å². The zero-order valence-electron chi connectivity index (χ0n) is 9.71. The van der Waals surface area contributed by atoms with E-state index in [1.807, 2.05) is 0 Å². The first-order chi connectivity index (χ1) is 8.58. The molecular formula is C14H11F2NO. The van der Waals surface area contributed by atoms with Gasteiger partial charge in [-0.25, -0.2) is 8.78 Å². The molecule has 2 rings (SSSR count). The molecule has 0 bridgehead atoms. The molecule has 1 amide bonds. The number of hydrogen-bond acceptors (Lipinski definition) is 1. The largest absolute Gasteiger partial charge is 0.326 e. The first-order valence-corrected chi connectivity index (χ1v) is 5.40. The number of benzene rings is 2. The highest BCUT2D eigenvalue weighted by Gasteiger charge is 2.11. The normalized spacial score (nSPS) is 10.2. The number of carbonyl (C=O) groups is 1. The van der Waals surface area contributed by atoms with Gasteiger partial charge in [0.05, 0.1) is 5.69 Å². The van der Waals surface area contributed by atoms with Crippen LogP contribution in [0.2, 0.25) is 0 Å². The summed E-state index contributed by atoms with van der Waals surface area (Å²) in [5.74, 6) is -1.15. The first-order valence-electron chi connectivity index (χ1n) is 5.40. The van der Waals surface area contributed by atoms with Crippen molar-refractivity contribution in [3.05, 3.63) is 54.1 Å². The zero-order chi connectivity index (χ0) is 13.1. The van der Waals surface area contributed by atoms with Crippen molar-refractivity contribution in [2.75, 3.05) is 5.32 Å². The van der Waals surface area contributed by atoms with Gasteiger partial charge in [0.25, 0.3) is 0 Å². The minimum Gasteiger partial charge on any atom is -0.326 e. The molecule has 0 aliphatic heterocycles. The van der Waals surface area contributed by atoms with E-state index in [0.29, 0.717) is 11.3 Å². The Morgan fingerprint density at radius 3 is 2.33 bits per heavy atom. The van der Waals surface area contributed by atoms with Crippen molar-refractivity contribution in [1.29, 1.82) is 0 Å². The molecule has 0 fully saturated rings. The number of halogens is 2. The van der Waals surface area contributed by atoms with Crippen molar-refractivity contribution in [2.24, 2.45) is 0 Å². The van der Waals surface area contributed by atoms with Crippen LogP contribution in [0.1, 0.15) is 6.92 Å². The molecule has 0 unspecified atom stereocenters. The van der Waals surface area contributed by atoms with Crippen LogP contribution in [0.15, 0.2) is 42.5 Å². The van der Waals surface area contributed by atoms with E-state index in [4.69, 9.17) is 0 Å². The molecule has 92 valence electrons. The van der Waals surface area contributed by atoms with Crippen LogP contribution in [0.4, 0.5) is 14.5 Å². The molecule has 0 aromatic heterocycles. The van der Waals surface area contributed by atoms with Crippen molar-refractivity contribution < 1.29 is 13.6 Å². The molecular weight excluding hydrogens is 236 g/mol. The number of carbonyl (C=O) groups excluding carboxylic acids is 1. The number of hydrogen-bond donors (Lipinski definition) is 1. The molecule has 0 saturated carbocycles. The van der Waals surface area contributed by atoms with E-state index in [1.54, 1.807) is 6.07 Å². The predicted molar refractivity (Wildman–Crippen MR) is 66.1 cm³/mol. The molecule has 2 nitrogen and oxygen atoms in total. The minimum atomic E-state index is -0.465. The summed E-state index contributed by atoms with van der Waals surface area (Å²) in [5.41, 5.74) is 1.14. The maximum absolute atomic E-state index is 13.8. The Labute approximate surface area is 103 Å². The quantitative estimate of drug-likeness (QED) is 0.863. The van der Waals surface area contributed by atoms with E-state index in [2.05, 4.69) is 5.32 Å². The van der Waals surface area contributed by atoms with Gasteiger partial charge in [0.2, 0.25) is 5.91 Å². The van der Waals surface area contributed by atoms with Crippen LogP contribution in [0.25, 0.3) is 11.1 Å². The summed E-state index contributed by atoms with van der Waals surface area (Å²) in [4.78, 5) is 11.1. The molecule has 0 heterocycles. The van der Waals surface area contributed by atoms with Crippen LogP contribution in [-0.4, -0.2) is 5.91 Å². The van der Waals surface area contributed by atoms with Gasteiger partial charge in [-0.2, -0.15) is 0 Å². The summed E-state index contributed by atoms with van der Waals surface area (Å²) >= 11 is 0. The molecule has 0 radical (unpaired) electrons. The first kappa shape index (κ1) is 12.2. The van der Waals surface area contributed by atoms with Crippen molar-refractivity contribution >= 4 is 11.6 Å². The van der Waals surface area contributed by atoms with Crippen LogP contribution in [-0.2, 0) is 4.79 Å². The zero-order valence-corrected chi connectivity index (χ0v) is 9.71. The lowest BCUT2D eigenvalue weighted by molar-refractivity contribution is -0.114. The van der Waals surface area contributed by atoms with Crippen molar-refractivity contribution in [2.45, 2.75) is 6.92 Å². The van der Waals surface area contributed by atoms with Crippen molar-refractivity contribution in [3.63, 3.8) is 0 Å². The Morgan fingerprint density at radius 1 is 1.06 bits per heavy atom. The van der Waals surface area contributed by atoms with Gasteiger partial charge in [0, 0.05) is 12.5 Å². The van der Waals surface area contributed by atoms with Gasteiger partial charge < -0.3 is 5.32 Å². The fraction of sp³-hybridized carbons (Fsp3) is 0.0714. The number of nitrogens with one attached hydrogen (secondary N) is 1. The molecule has 0 atom stereocenters. The smallest absolute Gasteiger partial charge is 0.221 e. The summed E-state index contributed by atoms with van der Waals surface area (Å²) in [6.07, 6.45) is 0. The van der Waals surface area contributed by atoms with Crippen LogP contribution in [0.5, 0.6) is 0 Å². The monoisotopic (exact) mass is 247 g/mol. The maximum atomic E-state index is 13.8. The number of amides is 1. The van der Waals surface area contributed by atoms with Gasteiger partial charge in [-0.15, -0.1) is 0 Å². The summed E-state index contributed by atoms with van der Waals surface area (Å²) in [6, 6.07) is 9.84. The lowest BCUT2D eigenvalue weighted by atomic mass is 10.0. The Kier molecular flexibility index (Phi) is 3.37. The second-order valence-electron chi connectivity index (χ2n) is 3.85. The van der Waals surface area contributed by atoms with Gasteiger partial charge in [0.15, 0.2) is 0 Å². The van der Waals surface area contributed by atoms with Crippen LogP contribution >= 0.6 is 0 Å². The third kappa shape index (κ3) is 2.53. The highest BCUT2D eigenvalue weighted by Crippen LogP contribution is 2.30. The highest BCUT2D eigenvalue weighted by molar-refractivity contribution is 5.94. The van der Waals surface area contributed by atoms with Crippen LogP contribution < -0.4 is 5.32 Å². The number of rotatable bonds is 2. The Morgan fingerprint density at radius 2 is 1.72 bits per heavy atom. The SMILES string of the molecule is CC(=O)Nc1cccc(F)c1-c1ccc(F)cc1. The molecule has 2 aromatic rings. The average Bonchev–Trinajstić information content (AvgIpc) is 2.30. The molecule has 0 aliphatic rings. The molecule has 18 heavy (non-hydrogen) atoms. The lowest BCUT2D eigenvalue weighted by Gasteiger charge is -2.11. The molecule has 0 aliphatic carbocycles. The Hall–Kier alpha value is -2.23. The summed E-state index contributed by atoms with van der Waals surface area (Å²) < 4.78 is 26.7. The van der Waals surface area contributed by atoms with Crippen molar-refractivity contribution in [1.82, 2.24) is 0 Å². The Balaban J connectivity index is 2.54. The third-order valence-corrected chi connectivity index (χ3v) is 2.46. The lowest BCUT2D eigenvalue weighted by Crippen LogP contribution is -2.07. The van der Waals surface area contributed by atoms with E-state index in [1.165, 1.54) is 43.3 Å². The van der Waals surface area contributed by atoms with Gasteiger partial charge in [-0.3, -0.25) is 4.79 Å². The summed E-state index contributed by atoms with van der Waals surface area (Å²) in [6.45, 7) is 1.35. The summed E-state index contributed by atoms with van der Waals surface area (Å²) in [7, 11) is 0. The molecule has 2 aromatic carbocycles. The number of anilines is 1. The van der Waals surface area contributed by atoms with Gasteiger partial charge in [-0.1, -0.05) is 18.2 Å². The van der Waals surface area contributed by atoms with E-state index < -0.39 is 11.6 Å². The molecule has 0 saturated heterocycles. The Bertz CT molecular complexity index is 579. The molecule has 1 N–H and O–H groups in total. The summed E-state index contributed by atoms with van der Waals surface area (Å²) in [5, 5.41) is 2.55.